The number of rotatable bonds is 5. The number of ether oxygens (including phenoxy) is 2. The fourth-order valence-electron chi connectivity index (χ4n) is 6.90. The summed E-state index contributed by atoms with van der Waals surface area (Å²) in [6.07, 6.45) is 10.6. The molecule has 4 heteroatoms. The molecule has 1 saturated heterocycles. The van der Waals surface area contributed by atoms with Crippen LogP contribution in [0.1, 0.15) is 50.3 Å². The van der Waals surface area contributed by atoms with Gasteiger partial charge in [-0.15, -0.1) is 0 Å². The third kappa shape index (κ3) is 4.35. The minimum absolute atomic E-state index is 0.0145. The lowest BCUT2D eigenvalue weighted by atomic mass is 9.57. The van der Waals surface area contributed by atoms with Crippen LogP contribution in [0.4, 0.5) is 0 Å². The Morgan fingerprint density at radius 2 is 1.86 bits per heavy atom. The van der Waals surface area contributed by atoms with Gasteiger partial charge in [-0.25, -0.2) is 4.98 Å². The van der Waals surface area contributed by atoms with E-state index in [2.05, 4.69) is 43.3 Å². The molecule has 0 N–H and O–H groups in total. The topological polar surface area (TPSA) is 48.4 Å². The molecule has 6 rings (SSSR count). The number of benzene rings is 2. The summed E-state index contributed by atoms with van der Waals surface area (Å²) in [5, 5.41) is 1.02. The summed E-state index contributed by atoms with van der Waals surface area (Å²) in [6.45, 7) is 2.60. The Hall–Kier alpha value is -3.14. The lowest BCUT2D eigenvalue weighted by molar-refractivity contribution is -0.144. The molecule has 2 aromatic carbocycles. The van der Waals surface area contributed by atoms with Crippen molar-refractivity contribution >= 4 is 22.9 Å². The van der Waals surface area contributed by atoms with Crippen molar-refractivity contribution in [3.63, 3.8) is 0 Å². The molecule has 1 aromatic heterocycles. The second-order valence-corrected chi connectivity index (χ2v) is 10.5. The zero-order chi connectivity index (χ0) is 23.8. The first-order chi connectivity index (χ1) is 17.2. The lowest BCUT2D eigenvalue weighted by Crippen LogP contribution is -2.42. The van der Waals surface area contributed by atoms with E-state index >= 15 is 0 Å². The first-order valence-electron chi connectivity index (χ1n) is 13.1. The number of carbonyl (C=O) groups is 1. The maximum absolute atomic E-state index is 12.6. The van der Waals surface area contributed by atoms with E-state index in [-0.39, 0.29) is 23.9 Å². The highest BCUT2D eigenvalue weighted by Crippen LogP contribution is 2.53. The Kier molecular flexibility index (Phi) is 6.05. The van der Waals surface area contributed by atoms with Crippen LogP contribution in [0.15, 0.2) is 66.7 Å². The summed E-state index contributed by atoms with van der Waals surface area (Å²) in [6, 6.07) is 20.5. The van der Waals surface area contributed by atoms with Crippen LogP contribution >= 0.6 is 0 Å². The Bertz CT molecular complexity index is 1240. The largest absolute Gasteiger partial charge is 0.488 e. The van der Waals surface area contributed by atoms with Crippen molar-refractivity contribution in [2.24, 2.45) is 29.6 Å². The van der Waals surface area contributed by atoms with Crippen molar-refractivity contribution in [2.75, 3.05) is 0 Å². The predicted octanol–water partition coefficient (Wildman–Crippen LogP) is 6.83. The van der Waals surface area contributed by atoms with Gasteiger partial charge >= 0.3 is 5.97 Å². The molecule has 35 heavy (non-hydrogen) atoms. The minimum atomic E-state index is -0.0145. The zero-order valence-electron chi connectivity index (χ0n) is 20.3. The summed E-state index contributed by atoms with van der Waals surface area (Å²) in [5.74, 6) is 2.80. The highest BCUT2D eigenvalue weighted by molar-refractivity contribution is 5.86. The number of nitrogens with zero attached hydrogens (tertiary/aromatic N) is 1. The highest BCUT2D eigenvalue weighted by Gasteiger charge is 2.53. The third-order valence-electron chi connectivity index (χ3n) is 8.50. The van der Waals surface area contributed by atoms with Crippen LogP contribution in [0.5, 0.6) is 5.75 Å². The van der Waals surface area contributed by atoms with Gasteiger partial charge in [0, 0.05) is 17.4 Å². The molecule has 2 heterocycles. The van der Waals surface area contributed by atoms with E-state index in [1.165, 1.54) is 25.7 Å². The summed E-state index contributed by atoms with van der Waals surface area (Å²) >= 11 is 0. The second-order valence-electron chi connectivity index (χ2n) is 10.5. The fourth-order valence-corrected chi connectivity index (χ4v) is 6.90. The molecule has 0 bridgehead atoms. The Labute approximate surface area is 207 Å². The van der Waals surface area contributed by atoms with Crippen LogP contribution in [-0.4, -0.2) is 17.1 Å². The molecule has 3 aromatic rings. The average Bonchev–Trinajstić information content (AvgIpc) is 3.18. The molecule has 3 aliphatic rings. The highest BCUT2D eigenvalue weighted by atomic mass is 16.6. The van der Waals surface area contributed by atoms with Crippen LogP contribution in [0.2, 0.25) is 0 Å². The first-order valence-corrected chi connectivity index (χ1v) is 13.1. The van der Waals surface area contributed by atoms with Gasteiger partial charge in [0.15, 0.2) is 0 Å². The first kappa shape index (κ1) is 22.3. The van der Waals surface area contributed by atoms with Gasteiger partial charge in [0.25, 0.3) is 0 Å². The average molecular weight is 468 g/mol. The smallest absolute Gasteiger partial charge is 0.309 e. The van der Waals surface area contributed by atoms with Crippen LogP contribution in [0, 0.1) is 29.6 Å². The Morgan fingerprint density at radius 1 is 1.06 bits per heavy atom. The molecule has 2 saturated carbocycles. The number of hydrogen-bond donors (Lipinski definition) is 0. The predicted molar refractivity (Wildman–Crippen MR) is 138 cm³/mol. The molecule has 4 nitrogen and oxygen atoms in total. The van der Waals surface area contributed by atoms with E-state index in [1.54, 1.807) is 0 Å². The molecule has 1 aliphatic heterocycles. The molecule has 3 fully saturated rings. The summed E-state index contributed by atoms with van der Waals surface area (Å²) in [7, 11) is 0. The standard InChI is InChI=1S/C31H33NO3/c1-20-30-25(24-12-6-5-11-22(24)17-27(30)31(33)35-20)16-15-23-18-29(26-13-7-8-14-28(26)32-23)34-19-21-9-3-2-4-10-21/h2-4,7-10,13-16,18,20,22,24-25,27,30H,5-6,11-12,17,19H2,1H3/b16-15+/t20-,22+,24-,25+,27-,30+/m1/s1. The van der Waals surface area contributed by atoms with Gasteiger partial charge in [0.1, 0.15) is 18.5 Å². The number of allylic oxidation sites excluding steroid dienone is 1. The van der Waals surface area contributed by atoms with Crippen LogP contribution in [-0.2, 0) is 16.1 Å². The van der Waals surface area contributed by atoms with Gasteiger partial charge in [-0.2, -0.15) is 0 Å². The van der Waals surface area contributed by atoms with Crippen molar-refractivity contribution in [1.82, 2.24) is 4.98 Å². The van der Waals surface area contributed by atoms with Crippen LogP contribution < -0.4 is 4.74 Å². The van der Waals surface area contributed by atoms with E-state index in [4.69, 9.17) is 14.5 Å². The minimum Gasteiger partial charge on any atom is -0.488 e. The summed E-state index contributed by atoms with van der Waals surface area (Å²) in [5.41, 5.74) is 2.98. The van der Waals surface area contributed by atoms with E-state index in [1.807, 2.05) is 36.4 Å². The number of pyridine rings is 1. The maximum Gasteiger partial charge on any atom is 0.309 e. The Balaban J connectivity index is 1.32. The van der Waals surface area contributed by atoms with Crippen molar-refractivity contribution in [3.05, 3.63) is 78.0 Å². The second kappa shape index (κ2) is 9.49. The van der Waals surface area contributed by atoms with Gasteiger partial charge in [-0.1, -0.05) is 67.8 Å². The maximum atomic E-state index is 12.6. The van der Waals surface area contributed by atoms with Gasteiger partial charge in [0.05, 0.1) is 17.1 Å². The lowest BCUT2D eigenvalue weighted by Gasteiger charge is -2.45. The fraction of sp³-hybridized carbons (Fsp3) is 0.419. The number of hydrogen-bond acceptors (Lipinski definition) is 4. The number of cyclic esters (lactones) is 1. The normalized spacial score (nSPS) is 30.1. The molecule has 0 spiro atoms. The monoisotopic (exact) mass is 467 g/mol. The molecule has 180 valence electrons. The van der Waals surface area contributed by atoms with Gasteiger partial charge in [-0.05, 0) is 61.3 Å². The molecule has 0 radical (unpaired) electrons. The zero-order valence-corrected chi connectivity index (χ0v) is 20.3. The molecule has 6 atom stereocenters. The number of esters is 1. The van der Waals surface area contributed by atoms with Gasteiger partial charge in [-0.3, -0.25) is 4.79 Å². The van der Waals surface area contributed by atoms with Gasteiger partial charge < -0.3 is 9.47 Å². The van der Waals surface area contributed by atoms with Crippen LogP contribution in [0.25, 0.3) is 17.0 Å². The van der Waals surface area contributed by atoms with Crippen molar-refractivity contribution in [3.8, 4) is 5.75 Å². The summed E-state index contributed by atoms with van der Waals surface area (Å²) < 4.78 is 12.0. The number of para-hydroxylation sites is 1. The Morgan fingerprint density at radius 3 is 2.74 bits per heavy atom. The van der Waals surface area contributed by atoms with Crippen molar-refractivity contribution < 1.29 is 14.3 Å². The number of aromatic nitrogens is 1. The third-order valence-corrected chi connectivity index (χ3v) is 8.50. The van der Waals surface area contributed by atoms with Gasteiger partial charge in [0.2, 0.25) is 0 Å². The molecule has 0 amide bonds. The number of carbonyl (C=O) groups excluding carboxylic acids is 1. The van der Waals surface area contributed by atoms with Crippen molar-refractivity contribution in [2.45, 2.75) is 51.7 Å². The van der Waals surface area contributed by atoms with Crippen molar-refractivity contribution in [1.29, 1.82) is 0 Å². The van der Waals surface area contributed by atoms with Crippen LogP contribution in [0.3, 0.4) is 0 Å². The van der Waals surface area contributed by atoms with E-state index < -0.39 is 0 Å². The number of fused-ring (bicyclic) bond motifs is 3. The summed E-state index contributed by atoms with van der Waals surface area (Å²) in [4.78, 5) is 17.6. The van der Waals surface area contributed by atoms with E-state index in [0.717, 1.165) is 34.3 Å². The molecular formula is C31H33NO3. The molecular weight excluding hydrogens is 434 g/mol. The SMILES string of the molecule is C[C@H]1OC(=O)[C@@H]2C[C@@H]3CCCC[C@H]3[C@H](/C=C/c3cc(OCc4ccccc4)c4ccccc4n3)[C@H]12. The van der Waals surface area contributed by atoms with E-state index in [9.17, 15) is 4.79 Å². The molecule has 0 unspecified atom stereocenters. The molecule has 2 aliphatic carbocycles. The van der Waals surface area contributed by atoms with E-state index in [0.29, 0.717) is 24.4 Å². The quantitative estimate of drug-likeness (QED) is 0.386.